The van der Waals surface area contributed by atoms with E-state index < -0.39 is 12.1 Å². The van der Waals surface area contributed by atoms with Crippen molar-refractivity contribution in [3.63, 3.8) is 0 Å². The van der Waals surface area contributed by atoms with Gasteiger partial charge in [-0.15, -0.1) is 0 Å². The Morgan fingerprint density at radius 2 is 1.70 bits per heavy atom. The monoisotopic (exact) mass is 360 g/mol. The van der Waals surface area contributed by atoms with E-state index >= 15 is 0 Å². The molecule has 0 fully saturated rings. The van der Waals surface area contributed by atoms with Gasteiger partial charge in [-0.2, -0.15) is 0 Å². The van der Waals surface area contributed by atoms with Crippen molar-refractivity contribution in [2.75, 3.05) is 7.11 Å². The number of esters is 1. The van der Waals surface area contributed by atoms with E-state index in [4.69, 9.17) is 14.2 Å². The van der Waals surface area contributed by atoms with Crippen LogP contribution in [0.2, 0.25) is 0 Å². The molecule has 0 N–H and O–H groups in total. The maximum atomic E-state index is 12.7. The van der Waals surface area contributed by atoms with E-state index in [1.807, 2.05) is 18.2 Å². The number of hydrogen-bond donors (Lipinski definition) is 0. The van der Waals surface area contributed by atoms with Gasteiger partial charge in [-0.05, 0) is 30.3 Å². The van der Waals surface area contributed by atoms with E-state index in [-0.39, 0.29) is 5.78 Å². The summed E-state index contributed by atoms with van der Waals surface area (Å²) >= 11 is 0. The van der Waals surface area contributed by atoms with Crippen molar-refractivity contribution in [3.05, 3.63) is 89.5 Å². The average molecular weight is 360 g/mol. The van der Waals surface area contributed by atoms with Crippen molar-refractivity contribution in [3.8, 4) is 17.2 Å². The Balaban J connectivity index is 1.58. The van der Waals surface area contributed by atoms with E-state index in [2.05, 4.69) is 0 Å². The van der Waals surface area contributed by atoms with Crippen molar-refractivity contribution in [2.24, 2.45) is 0 Å². The highest BCUT2D eigenvalue weighted by Gasteiger charge is 2.35. The summed E-state index contributed by atoms with van der Waals surface area (Å²) in [5, 5.41) is 0. The molecule has 0 bridgehead atoms. The largest absolute Gasteiger partial charge is 0.496 e. The van der Waals surface area contributed by atoms with Gasteiger partial charge in [0.2, 0.25) is 5.78 Å². The number of rotatable bonds is 4. The number of ketones is 1. The summed E-state index contributed by atoms with van der Waals surface area (Å²) in [6, 6.07) is 20.7. The molecule has 0 spiro atoms. The smallest absolute Gasteiger partial charge is 0.343 e. The van der Waals surface area contributed by atoms with Crippen LogP contribution < -0.4 is 14.2 Å². The first-order valence-corrected chi connectivity index (χ1v) is 8.42. The number of carbonyl (C=O) groups is 2. The molecule has 134 valence electrons. The first kappa shape index (κ1) is 16.8. The first-order chi connectivity index (χ1) is 13.2. The van der Waals surface area contributed by atoms with Crippen LogP contribution in [0.25, 0.3) is 0 Å². The van der Waals surface area contributed by atoms with Gasteiger partial charge in [0.25, 0.3) is 0 Å². The minimum atomic E-state index is -0.781. The van der Waals surface area contributed by atoms with Crippen molar-refractivity contribution >= 4 is 11.8 Å². The van der Waals surface area contributed by atoms with Crippen LogP contribution in [-0.2, 0) is 0 Å². The fourth-order valence-corrected chi connectivity index (χ4v) is 3.02. The van der Waals surface area contributed by atoms with Crippen LogP contribution in [0.4, 0.5) is 0 Å². The Hall–Kier alpha value is -3.60. The van der Waals surface area contributed by atoms with Gasteiger partial charge < -0.3 is 14.2 Å². The molecule has 3 aromatic carbocycles. The number of ether oxygens (including phenoxy) is 3. The molecule has 5 heteroatoms. The summed E-state index contributed by atoms with van der Waals surface area (Å²) in [5.74, 6) is 0.654. The van der Waals surface area contributed by atoms with Crippen LogP contribution in [0, 0.1) is 0 Å². The molecule has 1 atom stereocenters. The molecule has 0 saturated carbocycles. The minimum Gasteiger partial charge on any atom is -0.496 e. The van der Waals surface area contributed by atoms with Crippen molar-refractivity contribution in [1.29, 1.82) is 0 Å². The Labute approximate surface area is 156 Å². The molecule has 1 aliphatic heterocycles. The van der Waals surface area contributed by atoms with Crippen LogP contribution >= 0.6 is 0 Å². The predicted octanol–water partition coefficient (Wildman–Crippen LogP) is 4.23. The molecule has 1 aliphatic rings. The van der Waals surface area contributed by atoms with Gasteiger partial charge in [-0.25, -0.2) is 4.79 Å². The normalized spacial score (nSPS) is 15.0. The fraction of sp³-hybridized carbons (Fsp3) is 0.0909. The number of para-hydroxylation sites is 1. The third-order valence-corrected chi connectivity index (χ3v) is 4.34. The average Bonchev–Trinajstić information content (AvgIpc) is 3.04. The molecular weight excluding hydrogens is 344 g/mol. The summed E-state index contributed by atoms with van der Waals surface area (Å²) in [6.45, 7) is 0. The SMILES string of the molecule is COc1ccccc1C1Oc2cc(OC(=O)c3ccccc3)ccc2C1=O. The highest BCUT2D eigenvalue weighted by atomic mass is 16.5. The van der Waals surface area contributed by atoms with Crippen LogP contribution in [-0.4, -0.2) is 18.9 Å². The van der Waals surface area contributed by atoms with Crippen molar-refractivity contribution in [2.45, 2.75) is 6.10 Å². The number of Topliss-reactive ketones (excluding diaryl/α,β-unsaturated/α-hetero) is 1. The lowest BCUT2D eigenvalue weighted by atomic mass is 10.0. The summed E-state index contributed by atoms with van der Waals surface area (Å²) in [4.78, 5) is 24.9. The lowest BCUT2D eigenvalue weighted by Crippen LogP contribution is -2.12. The van der Waals surface area contributed by atoms with Crippen LogP contribution in [0.15, 0.2) is 72.8 Å². The zero-order valence-electron chi connectivity index (χ0n) is 14.5. The highest BCUT2D eigenvalue weighted by molar-refractivity contribution is 6.05. The number of fused-ring (bicyclic) bond motifs is 1. The molecule has 1 unspecified atom stereocenters. The van der Waals surface area contributed by atoms with E-state index in [1.54, 1.807) is 61.7 Å². The number of carbonyl (C=O) groups excluding carboxylic acids is 2. The Morgan fingerprint density at radius 3 is 2.48 bits per heavy atom. The maximum Gasteiger partial charge on any atom is 0.343 e. The summed E-state index contributed by atoms with van der Waals surface area (Å²) in [7, 11) is 1.55. The summed E-state index contributed by atoms with van der Waals surface area (Å²) in [5.41, 5.74) is 1.55. The molecule has 4 rings (SSSR count). The van der Waals surface area contributed by atoms with Gasteiger partial charge in [0.15, 0.2) is 6.10 Å². The number of methoxy groups -OCH3 is 1. The molecule has 0 radical (unpaired) electrons. The van der Waals surface area contributed by atoms with E-state index in [1.165, 1.54) is 0 Å². The Morgan fingerprint density at radius 1 is 0.963 bits per heavy atom. The molecule has 27 heavy (non-hydrogen) atoms. The molecule has 1 heterocycles. The number of benzene rings is 3. The molecule has 3 aromatic rings. The minimum absolute atomic E-state index is 0.157. The Bertz CT molecular complexity index is 1010. The van der Waals surface area contributed by atoms with E-state index in [0.29, 0.717) is 33.9 Å². The van der Waals surface area contributed by atoms with Gasteiger partial charge in [-0.1, -0.05) is 36.4 Å². The topological polar surface area (TPSA) is 61.8 Å². The molecule has 0 saturated heterocycles. The second kappa shape index (κ2) is 6.96. The van der Waals surface area contributed by atoms with Crippen LogP contribution in [0.5, 0.6) is 17.2 Å². The van der Waals surface area contributed by atoms with Gasteiger partial charge in [0, 0.05) is 11.6 Å². The van der Waals surface area contributed by atoms with Gasteiger partial charge in [0.05, 0.1) is 18.2 Å². The second-order valence-corrected chi connectivity index (χ2v) is 6.02. The molecule has 5 nitrogen and oxygen atoms in total. The van der Waals surface area contributed by atoms with Gasteiger partial charge in [-0.3, -0.25) is 4.79 Å². The summed E-state index contributed by atoms with van der Waals surface area (Å²) < 4.78 is 16.6. The Kier molecular flexibility index (Phi) is 4.34. The lowest BCUT2D eigenvalue weighted by molar-refractivity contribution is 0.0733. The van der Waals surface area contributed by atoms with E-state index in [0.717, 1.165) is 0 Å². The van der Waals surface area contributed by atoms with Crippen LogP contribution in [0.3, 0.4) is 0 Å². The quantitative estimate of drug-likeness (QED) is 0.515. The zero-order valence-corrected chi connectivity index (χ0v) is 14.5. The van der Waals surface area contributed by atoms with Crippen molar-refractivity contribution < 1.29 is 23.8 Å². The molecule has 0 aliphatic carbocycles. The maximum absolute atomic E-state index is 12.7. The standard InChI is InChI=1S/C22H16O5/c1-25-18-10-6-5-9-17(18)21-20(23)16-12-11-15(13-19(16)27-21)26-22(24)14-7-3-2-4-8-14/h2-13,21H,1H3. The third-order valence-electron chi connectivity index (χ3n) is 4.34. The predicted molar refractivity (Wildman–Crippen MR) is 98.5 cm³/mol. The molecule has 0 amide bonds. The zero-order chi connectivity index (χ0) is 18.8. The molecule has 0 aromatic heterocycles. The number of hydrogen-bond acceptors (Lipinski definition) is 5. The van der Waals surface area contributed by atoms with E-state index in [9.17, 15) is 9.59 Å². The second-order valence-electron chi connectivity index (χ2n) is 6.02. The first-order valence-electron chi connectivity index (χ1n) is 8.42. The van der Waals surface area contributed by atoms with Crippen molar-refractivity contribution in [1.82, 2.24) is 0 Å². The van der Waals surface area contributed by atoms with Gasteiger partial charge >= 0.3 is 5.97 Å². The van der Waals surface area contributed by atoms with Gasteiger partial charge in [0.1, 0.15) is 17.2 Å². The lowest BCUT2D eigenvalue weighted by Gasteiger charge is -2.13. The summed E-state index contributed by atoms with van der Waals surface area (Å²) in [6.07, 6.45) is -0.781. The fourth-order valence-electron chi connectivity index (χ4n) is 3.02. The molecular formula is C22H16O5. The third kappa shape index (κ3) is 3.15. The van der Waals surface area contributed by atoms with Crippen LogP contribution in [0.1, 0.15) is 32.4 Å². The highest BCUT2D eigenvalue weighted by Crippen LogP contribution is 2.41.